The number of hydrogen-bond donors (Lipinski definition) is 1. The zero-order valence-corrected chi connectivity index (χ0v) is 15.3. The number of piperidine rings is 1. The molecule has 3 rings (SSSR count). The molecule has 0 unspecified atom stereocenters. The van der Waals surface area contributed by atoms with E-state index in [0.717, 1.165) is 31.6 Å². The maximum atomic E-state index is 12.1. The highest BCUT2D eigenvalue weighted by molar-refractivity contribution is 7.90. The number of hydrogen-bond acceptors (Lipinski definition) is 7. The summed E-state index contributed by atoms with van der Waals surface area (Å²) in [5.74, 6) is 0.599. The van der Waals surface area contributed by atoms with Crippen LogP contribution < -0.4 is 10.2 Å². The highest BCUT2D eigenvalue weighted by Crippen LogP contribution is 2.28. The number of rotatable bonds is 5. The maximum absolute atomic E-state index is 12.1. The Labute approximate surface area is 148 Å². The van der Waals surface area contributed by atoms with E-state index in [1.54, 1.807) is 6.20 Å². The molecule has 1 atom stereocenters. The van der Waals surface area contributed by atoms with Crippen LogP contribution in [0, 0.1) is 0 Å². The third kappa shape index (κ3) is 4.32. The quantitative estimate of drug-likeness (QED) is 0.860. The first-order valence-corrected chi connectivity index (χ1v) is 10.2. The summed E-state index contributed by atoms with van der Waals surface area (Å²) in [6, 6.07) is 5.74. The molecule has 0 saturated carbocycles. The van der Waals surface area contributed by atoms with Crippen molar-refractivity contribution in [3.05, 3.63) is 42.0 Å². The molecule has 1 fully saturated rings. The largest absolute Gasteiger partial charge is 0.338 e. The van der Waals surface area contributed by atoms with Gasteiger partial charge in [-0.3, -0.25) is 4.98 Å². The lowest BCUT2D eigenvalue weighted by Crippen LogP contribution is -2.30. The SMILES string of the molecule is CN(Cc1ccccn1)c1ncc(S(C)(=O)=O)c([C@@H]2CCCNC2)n1. The Morgan fingerprint density at radius 2 is 2.16 bits per heavy atom. The molecule has 2 aromatic heterocycles. The van der Waals surface area contributed by atoms with Crippen LogP contribution in [0.15, 0.2) is 35.5 Å². The van der Waals surface area contributed by atoms with Crippen LogP contribution in [0.25, 0.3) is 0 Å². The molecule has 1 N–H and O–H groups in total. The van der Waals surface area contributed by atoms with Crippen molar-refractivity contribution in [2.24, 2.45) is 0 Å². The highest BCUT2D eigenvalue weighted by Gasteiger charge is 2.25. The molecule has 25 heavy (non-hydrogen) atoms. The molecule has 0 radical (unpaired) electrons. The van der Waals surface area contributed by atoms with E-state index >= 15 is 0 Å². The summed E-state index contributed by atoms with van der Waals surface area (Å²) in [7, 11) is -1.49. The molecule has 1 saturated heterocycles. The van der Waals surface area contributed by atoms with Crippen molar-refractivity contribution in [2.75, 3.05) is 31.3 Å². The van der Waals surface area contributed by atoms with E-state index in [1.165, 1.54) is 12.5 Å². The first-order valence-electron chi connectivity index (χ1n) is 8.34. The number of nitrogens with one attached hydrogen (secondary N) is 1. The second kappa shape index (κ2) is 7.45. The predicted octanol–water partition coefficient (Wildman–Crippen LogP) is 1.38. The Hall–Kier alpha value is -2.06. The van der Waals surface area contributed by atoms with Crippen LogP contribution in [0.1, 0.15) is 30.1 Å². The van der Waals surface area contributed by atoms with Gasteiger partial charge in [0.05, 0.1) is 24.1 Å². The van der Waals surface area contributed by atoms with E-state index in [2.05, 4.69) is 20.3 Å². The molecule has 2 aromatic rings. The van der Waals surface area contributed by atoms with E-state index < -0.39 is 9.84 Å². The maximum Gasteiger partial charge on any atom is 0.225 e. The van der Waals surface area contributed by atoms with Crippen molar-refractivity contribution in [1.82, 2.24) is 20.3 Å². The van der Waals surface area contributed by atoms with Gasteiger partial charge >= 0.3 is 0 Å². The Morgan fingerprint density at radius 3 is 2.80 bits per heavy atom. The molecule has 3 heterocycles. The van der Waals surface area contributed by atoms with Gasteiger partial charge in [0.25, 0.3) is 0 Å². The normalized spacial score (nSPS) is 18.1. The summed E-state index contributed by atoms with van der Waals surface area (Å²) in [5, 5.41) is 3.32. The van der Waals surface area contributed by atoms with Crippen LogP contribution in [0.5, 0.6) is 0 Å². The van der Waals surface area contributed by atoms with Crippen LogP contribution in [-0.4, -0.2) is 49.8 Å². The Bertz CT molecular complexity index is 820. The average Bonchev–Trinajstić information content (AvgIpc) is 2.62. The minimum Gasteiger partial charge on any atom is -0.338 e. The Morgan fingerprint density at radius 1 is 1.32 bits per heavy atom. The van der Waals surface area contributed by atoms with E-state index in [1.807, 2.05) is 30.1 Å². The molecule has 7 nitrogen and oxygen atoms in total. The number of anilines is 1. The lowest BCUT2D eigenvalue weighted by Gasteiger charge is -2.25. The summed E-state index contributed by atoms with van der Waals surface area (Å²) >= 11 is 0. The number of pyridine rings is 1. The highest BCUT2D eigenvalue weighted by atomic mass is 32.2. The van der Waals surface area contributed by atoms with Gasteiger partial charge in [0.1, 0.15) is 4.90 Å². The third-order valence-electron chi connectivity index (χ3n) is 4.32. The number of aromatic nitrogens is 3. The van der Waals surface area contributed by atoms with Crippen molar-refractivity contribution >= 4 is 15.8 Å². The number of sulfone groups is 1. The fourth-order valence-electron chi connectivity index (χ4n) is 3.03. The zero-order valence-electron chi connectivity index (χ0n) is 14.5. The van der Waals surface area contributed by atoms with Gasteiger partial charge in [-0.05, 0) is 31.5 Å². The molecule has 0 spiro atoms. The van der Waals surface area contributed by atoms with Crippen LogP contribution in [0.3, 0.4) is 0 Å². The van der Waals surface area contributed by atoms with E-state index in [-0.39, 0.29) is 10.8 Å². The molecule has 8 heteroatoms. The topological polar surface area (TPSA) is 88.1 Å². The minimum atomic E-state index is -3.37. The lowest BCUT2D eigenvalue weighted by atomic mass is 9.96. The zero-order chi connectivity index (χ0) is 17.9. The molecular weight excluding hydrogens is 338 g/mol. The van der Waals surface area contributed by atoms with Gasteiger partial charge in [-0.15, -0.1) is 0 Å². The lowest BCUT2D eigenvalue weighted by molar-refractivity contribution is 0.447. The van der Waals surface area contributed by atoms with Crippen molar-refractivity contribution in [3.63, 3.8) is 0 Å². The third-order valence-corrected chi connectivity index (χ3v) is 5.43. The fourth-order valence-corrected chi connectivity index (χ4v) is 3.86. The van der Waals surface area contributed by atoms with Gasteiger partial charge < -0.3 is 10.2 Å². The van der Waals surface area contributed by atoms with Gasteiger partial charge in [-0.2, -0.15) is 0 Å². The van der Waals surface area contributed by atoms with Gasteiger partial charge in [0.15, 0.2) is 9.84 Å². The van der Waals surface area contributed by atoms with Gasteiger partial charge in [0, 0.05) is 32.0 Å². The summed E-state index contributed by atoms with van der Waals surface area (Å²) in [6.07, 6.45) is 6.34. The molecule has 1 aliphatic rings. The van der Waals surface area contributed by atoms with Crippen molar-refractivity contribution in [2.45, 2.75) is 30.2 Å². The average molecular weight is 361 g/mol. The summed E-state index contributed by atoms with van der Waals surface area (Å²) in [6.45, 7) is 2.26. The van der Waals surface area contributed by atoms with Gasteiger partial charge in [0.2, 0.25) is 5.95 Å². The molecule has 0 amide bonds. The minimum absolute atomic E-state index is 0.0866. The molecule has 134 valence electrons. The van der Waals surface area contributed by atoms with Crippen molar-refractivity contribution in [1.29, 1.82) is 0 Å². The summed E-state index contributed by atoms with van der Waals surface area (Å²) < 4.78 is 24.3. The molecule has 1 aliphatic heterocycles. The fraction of sp³-hybridized carbons (Fsp3) is 0.471. The Kier molecular flexibility index (Phi) is 5.29. The second-order valence-electron chi connectivity index (χ2n) is 6.41. The monoisotopic (exact) mass is 361 g/mol. The molecule has 0 aromatic carbocycles. The molecular formula is C17H23N5O2S. The van der Waals surface area contributed by atoms with Gasteiger partial charge in [-0.25, -0.2) is 18.4 Å². The van der Waals surface area contributed by atoms with Crippen LogP contribution >= 0.6 is 0 Å². The first kappa shape index (κ1) is 17.8. The van der Waals surface area contributed by atoms with E-state index in [9.17, 15) is 8.42 Å². The molecule has 0 bridgehead atoms. The Balaban J connectivity index is 1.92. The standard InChI is InChI=1S/C17H23N5O2S/c1-22(12-14-7-3-4-9-19-14)17-20-11-15(25(2,23)24)16(21-17)13-6-5-8-18-10-13/h3-4,7,9,11,13,18H,5-6,8,10,12H2,1-2H3/t13-/m1/s1. The van der Waals surface area contributed by atoms with Crippen LogP contribution in [0.4, 0.5) is 5.95 Å². The second-order valence-corrected chi connectivity index (χ2v) is 8.40. The number of nitrogens with zero attached hydrogens (tertiary/aromatic N) is 4. The first-order chi connectivity index (χ1) is 11.9. The summed E-state index contributed by atoms with van der Waals surface area (Å²) in [4.78, 5) is 15.3. The van der Waals surface area contributed by atoms with E-state index in [0.29, 0.717) is 18.2 Å². The molecule has 0 aliphatic carbocycles. The predicted molar refractivity (Wildman–Crippen MR) is 96.3 cm³/mol. The summed E-state index contributed by atoms with van der Waals surface area (Å²) in [5.41, 5.74) is 1.52. The van der Waals surface area contributed by atoms with Crippen molar-refractivity contribution < 1.29 is 8.42 Å². The van der Waals surface area contributed by atoms with Crippen LogP contribution in [-0.2, 0) is 16.4 Å². The van der Waals surface area contributed by atoms with Gasteiger partial charge in [-0.1, -0.05) is 6.07 Å². The van der Waals surface area contributed by atoms with E-state index in [4.69, 9.17) is 0 Å². The van der Waals surface area contributed by atoms with Crippen LogP contribution in [0.2, 0.25) is 0 Å². The van der Waals surface area contributed by atoms with Crippen molar-refractivity contribution in [3.8, 4) is 0 Å². The smallest absolute Gasteiger partial charge is 0.225 e.